The Morgan fingerprint density at radius 2 is 1.75 bits per heavy atom. The first-order chi connectivity index (χ1) is 17.4. The third-order valence-electron chi connectivity index (χ3n) is 8.03. The van der Waals surface area contributed by atoms with Gasteiger partial charge in [0.15, 0.2) is 0 Å². The molecule has 5 rings (SSSR count). The molecule has 2 amide bonds. The van der Waals surface area contributed by atoms with Crippen LogP contribution in [0, 0.1) is 6.92 Å². The molecule has 3 aliphatic rings. The molecule has 7 heteroatoms. The van der Waals surface area contributed by atoms with Gasteiger partial charge in [-0.3, -0.25) is 14.5 Å². The van der Waals surface area contributed by atoms with Crippen molar-refractivity contribution in [3.05, 3.63) is 64.2 Å². The first kappa shape index (κ1) is 24.8. The van der Waals surface area contributed by atoms with Crippen LogP contribution in [0.4, 0.5) is 5.69 Å². The number of fused-ring (bicyclic) bond motifs is 2. The zero-order valence-electron chi connectivity index (χ0n) is 21.5. The van der Waals surface area contributed by atoms with Gasteiger partial charge in [-0.25, -0.2) is 0 Å². The minimum absolute atomic E-state index is 0.00809. The molecule has 0 aliphatic carbocycles. The minimum atomic E-state index is -0.574. The molecular formula is C29H38N4O3. The molecule has 0 saturated carbocycles. The lowest BCUT2D eigenvalue weighted by Crippen LogP contribution is -2.46. The van der Waals surface area contributed by atoms with Crippen molar-refractivity contribution >= 4 is 17.5 Å². The van der Waals surface area contributed by atoms with Crippen molar-refractivity contribution in [2.45, 2.75) is 58.2 Å². The summed E-state index contributed by atoms with van der Waals surface area (Å²) in [4.78, 5) is 31.0. The lowest BCUT2D eigenvalue weighted by Gasteiger charge is -2.35. The molecule has 0 radical (unpaired) electrons. The van der Waals surface area contributed by atoms with Gasteiger partial charge in [0.2, 0.25) is 5.91 Å². The molecule has 1 atom stereocenters. The third-order valence-corrected chi connectivity index (χ3v) is 8.03. The number of piperidine rings is 1. The maximum atomic E-state index is 13.4. The first-order valence-electron chi connectivity index (χ1n) is 13.3. The summed E-state index contributed by atoms with van der Waals surface area (Å²) >= 11 is 0. The summed E-state index contributed by atoms with van der Waals surface area (Å²) in [6.45, 7) is 8.61. The second-order valence-electron chi connectivity index (χ2n) is 10.7. The zero-order valence-corrected chi connectivity index (χ0v) is 21.5. The third kappa shape index (κ3) is 5.42. The van der Waals surface area contributed by atoms with Crippen molar-refractivity contribution in [1.29, 1.82) is 0 Å². The average molecular weight is 491 g/mol. The van der Waals surface area contributed by atoms with Gasteiger partial charge in [0.05, 0.1) is 6.10 Å². The number of hydrogen-bond donors (Lipinski definition) is 2. The monoisotopic (exact) mass is 490 g/mol. The summed E-state index contributed by atoms with van der Waals surface area (Å²) in [5.74, 6) is 0.144. The first-order valence-corrected chi connectivity index (χ1v) is 13.3. The second kappa shape index (κ2) is 10.6. The summed E-state index contributed by atoms with van der Waals surface area (Å²) in [7, 11) is 0. The van der Waals surface area contributed by atoms with Crippen molar-refractivity contribution in [3.8, 4) is 0 Å². The number of amides is 2. The number of anilines is 1. The van der Waals surface area contributed by atoms with Gasteiger partial charge in [-0.1, -0.05) is 30.3 Å². The van der Waals surface area contributed by atoms with E-state index in [0.29, 0.717) is 25.7 Å². The highest BCUT2D eigenvalue weighted by molar-refractivity contribution is 5.98. The SMILES string of the molecule is CC(=O)N1CCC(Nc2cc3c(cc2C)CCN(CC(O)CN2CCc4ccccc4C2)C3=O)CC1. The number of carbonyl (C=O) groups excluding carboxylic acids is 2. The fourth-order valence-corrected chi connectivity index (χ4v) is 5.91. The maximum absolute atomic E-state index is 13.4. The highest BCUT2D eigenvalue weighted by Crippen LogP contribution is 2.28. The summed E-state index contributed by atoms with van der Waals surface area (Å²) in [5.41, 5.74) is 6.71. The van der Waals surface area contributed by atoms with Gasteiger partial charge >= 0.3 is 0 Å². The van der Waals surface area contributed by atoms with E-state index in [1.165, 1.54) is 11.1 Å². The van der Waals surface area contributed by atoms with Crippen LogP contribution in [-0.4, -0.2) is 83.0 Å². The molecule has 3 aliphatic heterocycles. The standard InChI is InChI=1S/C29H38N4O3/c1-20-15-23-8-12-33(19-26(35)18-31-11-7-22-5-3-4-6-24(22)17-31)29(36)27(23)16-28(20)30-25-9-13-32(14-10-25)21(2)34/h3-6,15-16,25-26,30,35H,7-14,17-19H2,1-2H3. The van der Waals surface area contributed by atoms with Crippen molar-refractivity contribution in [2.24, 2.45) is 0 Å². The fraction of sp³-hybridized carbons (Fsp3) is 0.517. The van der Waals surface area contributed by atoms with E-state index in [2.05, 4.69) is 47.5 Å². The van der Waals surface area contributed by atoms with E-state index in [-0.39, 0.29) is 11.8 Å². The Morgan fingerprint density at radius 1 is 1.03 bits per heavy atom. The number of aliphatic hydroxyl groups is 1. The van der Waals surface area contributed by atoms with Crippen LogP contribution < -0.4 is 5.32 Å². The number of likely N-dealkylation sites (tertiary alicyclic amines) is 1. The molecule has 36 heavy (non-hydrogen) atoms. The Kier molecular flexibility index (Phi) is 7.30. The van der Waals surface area contributed by atoms with E-state index >= 15 is 0 Å². The Balaban J connectivity index is 1.20. The molecule has 0 bridgehead atoms. The molecule has 2 N–H and O–H groups in total. The molecule has 1 unspecified atom stereocenters. The van der Waals surface area contributed by atoms with E-state index in [4.69, 9.17) is 0 Å². The predicted molar refractivity (Wildman–Crippen MR) is 141 cm³/mol. The average Bonchev–Trinajstić information content (AvgIpc) is 2.87. The van der Waals surface area contributed by atoms with E-state index < -0.39 is 6.10 Å². The van der Waals surface area contributed by atoms with Gasteiger partial charge in [0, 0.05) is 70.0 Å². The number of aliphatic hydroxyl groups excluding tert-OH is 1. The van der Waals surface area contributed by atoms with Crippen molar-refractivity contribution in [2.75, 3.05) is 44.6 Å². The van der Waals surface area contributed by atoms with Crippen LogP contribution >= 0.6 is 0 Å². The number of rotatable bonds is 6. The van der Waals surface area contributed by atoms with E-state index in [1.54, 1.807) is 6.92 Å². The van der Waals surface area contributed by atoms with Crippen molar-refractivity contribution < 1.29 is 14.7 Å². The second-order valence-corrected chi connectivity index (χ2v) is 10.7. The molecule has 2 aromatic carbocycles. The molecule has 1 fully saturated rings. The summed E-state index contributed by atoms with van der Waals surface area (Å²) < 4.78 is 0. The number of nitrogens with zero attached hydrogens (tertiary/aromatic N) is 3. The number of hydrogen-bond acceptors (Lipinski definition) is 5. The van der Waals surface area contributed by atoms with Gasteiger partial charge in [-0.05, 0) is 60.9 Å². The summed E-state index contributed by atoms with van der Waals surface area (Å²) in [6, 6.07) is 12.9. The van der Waals surface area contributed by atoms with Crippen LogP contribution in [0.25, 0.3) is 0 Å². The molecule has 192 valence electrons. The van der Waals surface area contributed by atoms with Crippen molar-refractivity contribution in [1.82, 2.24) is 14.7 Å². The molecule has 7 nitrogen and oxygen atoms in total. The number of aryl methyl sites for hydroxylation is 1. The smallest absolute Gasteiger partial charge is 0.254 e. The highest BCUT2D eigenvalue weighted by atomic mass is 16.3. The number of benzene rings is 2. The van der Waals surface area contributed by atoms with Crippen molar-refractivity contribution in [3.63, 3.8) is 0 Å². The lowest BCUT2D eigenvalue weighted by molar-refractivity contribution is -0.129. The van der Waals surface area contributed by atoms with Crippen LogP contribution in [0.1, 0.15) is 52.4 Å². The number of nitrogens with one attached hydrogen (secondary N) is 1. The zero-order chi connectivity index (χ0) is 25.2. The Labute approximate surface area is 214 Å². The minimum Gasteiger partial charge on any atom is -0.390 e. The van der Waals surface area contributed by atoms with Gasteiger partial charge in [-0.2, -0.15) is 0 Å². The molecule has 0 aromatic heterocycles. The van der Waals surface area contributed by atoms with Gasteiger partial charge in [-0.15, -0.1) is 0 Å². The molecular weight excluding hydrogens is 452 g/mol. The molecule has 2 aromatic rings. The van der Waals surface area contributed by atoms with Gasteiger partial charge < -0.3 is 20.2 Å². The van der Waals surface area contributed by atoms with E-state index in [1.807, 2.05) is 15.9 Å². The lowest BCUT2D eigenvalue weighted by atomic mass is 9.94. The van der Waals surface area contributed by atoms with Gasteiger partial charge in [0.1, 0.15) is 0 Å². The molecule has 3 heterocycles. The number of β-amino-alcohol motifs (C(OH)–C–C–N with tert-alkyl or cyclic N) is 1. The van der Waals surface area contributed by atoms with Crippen LogP contribution in [0.2, 0.25) is 0 Å². The Bertz CT molecular complexity index is 1130. The number of carbonyl (C=O) groups is 2. The highest BCUT2D eigenvalue weighted by Gasteiger charge is 2.29. The van der Waals surface area contributed by atoms with E-state index in [0.717, 1.165) is 74.2 Å². The normalized spacial score (nSPS) is 19.6. The summed E-state index contributed by atoms with van der Waals surface area (Å²) in [6.07, 6.45) is 3.05. The largest absolute Gasteiger partial charge is 0.390 e. The molecule has 1 saturated heterocycles. The maximum Gasteiger partial charge on any atom is 0.254 e. The Morgan fingerprint density at radius 3 is 2.50 bits per heavy atom. The predicted octanol–water partition coefficient (Wildman–Crippen LogP) is 2.84. The molecule has 0 spiro atoms. The Hall–Kier alpha value is -2.90. The topological polar surface area (TPSA) is 76.1 Å². The van der Waals surface area contributed by atoms with E-state index in [9.17, 15) is 14.7 Å². The van der Waals surface area contributed by atoms with Crippen LogP contribution in [0.5, 0.6) is 0 Å². The van der Waals surface area contributed by atoms with Crippen LogP contribution in [-0.2, 0) is 24.2 Å². The quantitative estimate of drug-likeness (QED) is 0.651. The van der Waals surface area contributed by atoms with Gasteiger partial charge in [0.25, 0.3) is 5.91 Å². The van der Waals surface area contributed by atoms with Crippen LogP contribution in [0.15, 0.2) is 36.4 Å². The fourth-order valence-electron chi connectivity index (χ4n) is 5.91. The van der Waals surface area contributed by atoms with Crippen LogP contribution in [0.3, 0.4) is 0 Å². The summed E-state index contributed by atoms with van der Waals surface area (Å²) in [5, 5.41) is 14.5.